The van der Waals surface area contributed by atoms with Gasteiger partial charge in [0.1, 0.15) is 0 Å². The third kappa shape index (κ3) is 11.6. The van der Waals surface area contributed by atoms with Gasteiger partial charge in [0.25, 0.3) is 0 Å². The molecule has 0 atom stereocenters. The van der Waals surface area contributed by atoms with Gasteiger partial charge in [0.2, 0.25) is 0 Å². The molecule has 0 unspecified atom stereocenters. The van der Waals surface area contributed by atoms with Gasteiger partial charge in [-0.2, -0.15) is 0 Å². The molecule has 0 radical (unpaired) electrons. The zero-order chi connectivity index (χ0) is 10.8. The minimum Gasteiger partial charge on any atom is -0.469 e. The number of hydrogen-bond donors (Lipinski definition) is 1. The maximum atomic E-state index is 9.59. The molecule has 1 rings (SSSR count). The Balaban J connectivity index is 0. The summed E-state index contributed by atoms with van der Waals surface area (Å²) in [6.07, 6.45) is 2.91. The highest BCUT2D eigenvalue weighted by molar-refractivity contribution is 5.85. The van der Waals surface area contributed by atoms with E-state index in [0.717, 1.165) is 19.7 Å². The van der Waals surface area contributed by atoms with Crippen LogP contribution < -0.4 is 5.32 Å². The third-order valence-electron chi connectivity index (χ3n) is 1.98. The van der Waals surface area contributed by atoms with Crippen LogP contribution >= 0.6 is 12.4 Å². The largest absolute Gasteiger partial charge is 0.469 e. The molecule has 0 aromatic rings. The van der Waals surface area contributed by atoms with Crippen molar-refractivity contribution >= 4 is 18.4 Å². The molecule has 1 aliphatic heterocycles. The second-order valence-corrected chi connectivity index (χ2v) is 3.10. The summed E-state index contributed by atoms with van der Waals surface area (Å²) in [4.78, 5) is 9.59. The third-order valence-corrected chi connectivity index (χ3v) is 1.98. The lowest BCUT2D eigenvalue weighted by Crippen LogP contribution is -2.32. The summed E-state index contributed by atoms with van der Waals surface area (Å²) in [5, 5.41) is 3.29. The minimum absolute atomic E-state index is 0. The fraction of sp³-hybridized carbons (Fsp3) is 0.900. The highest BCUT2D eigenvalue weighted by Crippen LogP contribution is 2.05. The average molecular weight is 240 g/mol. The predicted octanol–water partition coefficient (Wildman–Crippen LogP) is 1.38. The van der Waals surface area contributed by atoms with Crippen LogP contribution in [0.25, 0.3) is 0 Å². The summed E-state index contributed by atoms with van der Waals surface area (Å²) in [6.45, 7) is 6.54. The molecule has 0 saturated carbocycles. The lowest BCUT2D eigenvalue weighted by molar-refractivity contribution is -0.137. The van der Waals surface area contributed by atoms with Crippen molar-refractivity contribution in [1.29, 1.82) is 0 Å². The second kappa shape index (κ2) is 11.8. The molecule has 0 bridgehead atoms. The number of carbonyl (C=O) groups is 1. The van der Waals surface area contributed by atoms with Crippen LogP contribution in [0.15, 0.2) is 0 Å². The highest BCUT2D eigenvalue weighted by Gasteiger charge is 2.11. The first kappa shape index (κ1) is 17.1. The van der Waals surface area contributed by atoms with E-state index in [1.165, 1.54) is 26.9 Å². The van der Waals surface area contributed by atoms with Crippen molar-refractivity contribution in [2.45, 2.75) is 32.8 Å². The van der Waals surface area contributed by atoms with E-state index in [4.69, 9.17) is 4.74 Å². The van der Waals surface area contributed by atoms with E-state index < -0.39 is 0 Å². The fourth-order valence-corrected chi connectivity index (χ4v) is 1.20. The van der Waals surface area contributed by atoms with Crippen molar-refractivity contribution in [2.75, 3.05) is 26.8 Å². The van der Waals surface area contributed by atoms with Gasteiger partial charge in [0, 0.05) is 13.5 Å². The average Bonchev–Trinajstić information content (AvgIpc) is 2.21. The molecule has 0 amide bonds. The van der Waals surface area contributed by atoms with Gasteiger partial charge in [-0.1, -0.05) is 0 Å². The maximum Gasteiger partial charge on any atom is 0.302 e. The van der Waals surface area contributed by atoms with Crippen LogP contribution in [0.2, 0.25) is 0 Å². The van der Waals surface area contributed by atoms with Gasteiger partial charge >= 0.3 is 5.97 Å². The van der Waals surface area contributed by atoms with Crippen LogP contribution in [0.4, 0.5) is 0 Å². The van der Waals surface area contributed by atoms with E-state index in [9.17, 15) is 4.79 Å². The molecule has 0 aromatic carbocycles. The van der Waals surface area contributed by atoms with Gasteiger partial charge < -0.3 is 14.8 Å². The molecule has 92 valence electrons. The first-order valence-electron chi connectivity index (χ1n) is 5.07. The minimum atomic E-state index is -0.245. The Morgan fingerprint density at radius 3 is 2.20 bits per heavy atom. The molecule has 0 aromatic heterocycles. The first-order valence-corrected chi connectivity index (χ1v) is 5.07. The van der Waals surface area contributed by atoms with Gasteiger partial charge in [0.05, 0.1) is 13.2 Å². The van der Waals surface area contributed by atoms with Crippen molar-refractivity contribution in [1.82, 2.24) is 5.32 Å². The van der Waals surface area contributed by atoms with Crippen molar-refractivity contribution in [3.63, 3.8) is 0 Å². The van der Waals surface area contributed by atoms with Crippen molar-refractivity contribution in [2.24, 2.45) is 0 Å². The molecule has 15 heavy (non-hydrogen) atoms. The van der Waals surface area contributed by atoms with E-state index in [0.29, 0.717) is 6.10 Å². The van der Waals surface area contributed by atoms with Crippen molar-refractivity contribution in [3.8, 4) is 0 Å². The van der Waals surface area contributed by atoms with Crippen LogP contribution in [0.5, 0.6) is 0 Å². The molecule has 0 spiro atoms. The fourth-order valence-electron chi connectivity index (χ4n) is 1.20. The summed E-state index contributed by atoms with van der Waals surface area (Å²) in [5.41, 5.74) is 0. The quantitative estimate of drug-likeness (QED) is 0.740. The number of esters is 1. The van der Waals surface area contributed by atoms with Gasteiger partial charge in [-0.25, -0.2) is 0 Å². The summed E-state index contributed by atoms with van der Waals surface area (Å²) in [5.74, 6) is -0.245. The number of piperidine rings is 1. The smallest absolute Gasteiger partial charge is 0.302 e. The van der Waals surface area contributed by atoms with Crippen LogP contribution in [0, 0.1) is 0 Å². The zero-order valence-corrected chi connectivity index (χ0v) is 10.6. The number of nitrogens with one attached hydrogen (secondary N) is 1. The summed E-state index contributed by atoms with van der Waals surface area (Å²) in [7, 11) is 1.35. The van der Waals surface area contributed by atoms with E-state index in [-0.39, 0.29) is 18.4 Å². The first-order chi connectivity index (χ1) is 6.70. The standard InChI is InChI=1S/C7H15NO.C3H6O2.ClH/c1-2-9-7-3-5-8-6-4-7;1-3(4)5-2;/h7-8H,2-6H2,1H3;1-2H3;1H. The molecule has 1 fully saturated rings. The van der Waals surface area contributed by atoms with Gasteiger partial charge in [0.15, 0.2) is 0 Å². The molecule has 0 aliphatic carbocycles. The number of ether oxygens (including phenoxy) is 2. The predicted molar refractivity (Wildman–Crippen MR) is 62.5 cm³/mol. The lowest BCUT2D eigenvalue weighted by Gasteiger charge is -2.21. The molecule has 1 aliphatic rings. The summed E-state index contributed by atoms with van der Waals surface area (Å²) in [6, 6.07) is 0. The Hall–Kier alpha value is -0.320. The molecule has 4 nitrogen and oxygen atoms in total. The van der Waals surface area contributed by atoms with Crippen LogP contribution in [0.3, 0.4) is 0 Å². The van der Waals surface area contributed by atoms with Gasteiger partial charge in [-0.05, 0) is 32.9 Å². The van der Waals surface area contributed by atoms with E-state index in [1.54, 1.807) is 0 Å². The molecular formula is C10H22ClNO3. The van der Waals surface area contributed by atoms with E-state index in [1.807, 2.05) is 0 Å². The monoisotopic (exact) mass is 239 g/mol. The van der Waals surface area contributed by atoms with Gasteiger partial charge in [-0.15, -0.1) is 12.4 Å². The topological polar surface area (TPSA) is 47.6 Å². The lowest BCUT2D eigenvalue weighted by atomic mass is 10.1. The van der Waals surface area contributed by atoms with Crippen molar-refractivity contribution in [3.05, 3.63) is 0 Å². The molecule has 1 N–H and O–H groups in total. The Morgan fingerprint density at radius 2 is 1.87 bits per heavy atom. The normalized spacial score (nSPS) is 15.7. The SMILES string of the molecule is CCOC1CCNCC1.COC(C)=O.Cl. The zero-order valence-electron chi connectivity index (χ0n) is 9.75. The van der Waals surface area contributed by atoms with Gasteiger partial charge in [-0.3, -0.25) is 4.79 Å². The van der Waals surface area contributed by atoms with Crippen LogP contribution in [-0.4, -0.2) is 38.9 Å². The summed E-state index contributed by atoms with van der Waals surface area (Å²) >= 11 is 0. The number of halogens is 1. The Kier molecular flexibility index (Phi) is 13.4. The van der Waals surface area contributed by atoms with Crippen molar-refractivity contribution < 1.29 is 14.3 Å². The molecule has 5 heteroatoms. The number of methoxy groups -OCH3 is 1. The van der Waals surface area contributed by atoms with Crippen LogP contribution in [-0.2, 0) is 14.3 Å². The number of rotatable bonds is 2. The Morgan fingerprint density at radius 1 is 1.40 bits per heavy atom. The maximum absolute atomic E-state index is 9.59. The second-order valence-electron chi connectivity index (χ2n) is 3.10. The van der Waals surface area contributed by atoms with Crippen LogP contribution in [0.1, 0.15) is 26.7 Å². The Labute approximate surface area is 98.1 Å². The van der Waals surface area contributed by atoms with E-state index >= 15 is 0 Å². The highest BCUT2D eigenvalue weighted by atomic mass is 35.5. The Bertz CT molecular complexity index is 147. The summed E-state index contributed by atoms with van der Waals surface area (Å²) < 4.78 is 9.55. The van der Waals surface area contributed by atoms with E-state index in [2.05, 4.69) is 17.0 Å². The molecular weight excluding hydrogens is 218 g/mol. The number of hydrogen-bond acceptors (Lipinski definition) is 4. The number of carbonyl (C=O) groups excluding carboxylic acids is 1. The molecule has 1 saturated heterocycles. The molecule has 1 heterocycles.